The summed E-state index contributed by atoms with van der Waals surface area (Å²) in [5.74, 6) is -0.267. The average Bonchev–Trinajstić information content (AvgIpc) is 2.28. The van der Waals surface area contributed by atoms with E-state index in [1.807, 2.05) is 19.9 Å². The molecule has 0 aromatic heterocycles. The summed E-state index contributed by atoms with van der Waals surface area (Å²) < 4.78 is 0. The van der Waals surface area contributed by atoms with Crippen molar-refractivity contribution in [2.45, 2.75) is 32.7 Å². The standard InChI is InChI=1S/C13H17ClN2OS/c1-4-13(3,12(15)18)16-11(17)9-6-5-8(2)7-10(9)14/h5-7H,4H2,1-3H3,(H2,15,18)(H,16,17). The molecule has 1 atom stereocenters. The lowest BCUT2D eigenvalue weighted by Gasteiger charge is -2.28. The van der Waals surface area contributed by atoms with Crippen LogP contribution in [-0.4, -0.2) is 16.4 Å². The van der Waals surface area contributed by atoms with Gasteiger partial charge >= 0.3 is 0 Å². The molecule has 0 bridgehead atoms. The van der Waals surface area contributed by atoms with Crippen LogP contribution in [0.15, 0.2) is 18.2 Å². The van der Waals surface area contributed by atoms with Crippen LogP contribution in [0.5, 0.6) is 0 Å². The number of rotatable bonds is 4. The third kappa shape index (κ3) is 3.21. The molecule has 0 heterocycles. The Morgan fingerprint density at radius 2 is 2.17 bits per heavy atom. The summed E-state index contributed by atoms with van der Waals surface area (Å²) in [4.78, 5) is 12.4. The molecule has 0 saturated carbocycles. The first-order chi connectivity index (χ1) is 8.30. The minimum atomic E-state index is -0.694. The maximum atomic E-state index is 12.1. The lowest BCUT2D eigenvalue weighted by molar-refractivity contribution is 0.0926. The second-order valence-electron chi connectivity index (χ2n) is 4.49. The molecule has 1 rings (SSSR count). The zero-order valence-corrected chi connectivity index (χ0v) is 12.3. The molecule has 3 N–H and O–H groups in total. The second kappa shape index (κ2) is 5.67. The fourth-order valence-electron chi connectivity index (χ4n) is 1.45. The van der Waals surface area contributed by atoms with E-state index in [9.17, 15) is 4.79 Å². The zero-order chi connectivity index (χ0) is 13.9. The molecule has 5 heteroatoms. The minimum absolute atomic E-state index is 0.265. The normalized spacial score (nSPS) is 13.8. The number of aryl methyl sites for hydroxylation is 1. The molecule has 0 radical (unpaired) electrons. The van der Waals surface area contributed by atoms with Gasteiger partial charge in [-0.1, -0.05) is 36.8 Å². The fourth-order valence-corrected chi connectivity index (χ4v) is 1.96. The van der Waals surface area contributed by atoms with E-state index in [-0.39, 0.29) is 10.9 Å². The summed E-state index contributed by atoms with van der Waals surface area (Å²) in [7, 11) is 0. The topological polar surface area (TPSA) is 55.1 Å². The van der Waals surface area contributed by atoms with E-state index in [2.05, 4.69) is 5.32 Å². The van der Waals surface area contributed by atoms with Gasteiger partial charge in [-0.3, -0.25) is 4.79 Å². The molecular formula is C13H17ClN2OS. The third-order valence-corrected chi connectivity index (χ3v) is 3.77. The summed E-state index contributed by atoms with van der Waals surface area (Å²) in [5, 5.41) is 3.25. The van der Waals surface area contributed by atoms with Gasteiger partial charge in [-0.2, -0.15) is 0 Å². The van der Waals surface area contributed by atoms with Crippen molar-refractivity contribution in [1.29, 1.82) is 0 Å². The van der Waals surface area contributed by atoms with Crippen molar-refractivity contribution in [1.82, 2.24) is 5.32 Å². The van der Waals surface area contributed by atoms with Crippen LogP contribution in [-0.2, 0) is 0 Å². The molecule has 18 heavy (non-hydrogen) atoms. The van der Waals surface area contributed by atoms with Crippen LogP contribution in [0.25, 0.3) is 0 Å². The molecule has 98 valence electrons. The molecule has 0 fully saturated rings. The van der Waals surface area contributed by atoms with Crippen LogP contribution in [0.3, 0.4) is 0 Å². The van der Waals surface area contributed by atoms with Crippen molar-refractivity contribution < 1.29 is 4.79 Å². The Hall–Kier alpha value is -1.13. The number of carbonyl (C=O) groups excluding carboxylic acids is 1. The highest BCUT2D eigenvalue weighted by atomic mass is 35.5. The Balaban J connectivity index is 2.98. The second-order valence-corrected chi connectivity index (χ2v) is 5.33. The SMILES string of the molecule is CCC(C)(NC(=O)c1ccc(C)cc1Cl)C(N)=S. The van der Waals surface area contributed by atoms with E-state index in [1.54, 1.807) is 19.1 Å². The van der Waals surface area contributed by atoms with Crippen molar-refractivity contribution in [3.05, 3.63) is 34.3 Å². The van der Waals surface area contributed by atoms with Gasteiger partial charge in [0.05, 0.1) is 21.1 Å². The van der Waals surface area contributed by atoms with E-state index >= 15 is 0 Å². The predicted molar refractivity (Wildman–Crippen MR) is 79.1 cm³/mol. The summed E-state index contributed by atoms with van der Waals surface area (Å²) in [6, 6.07) is 5.29. The van der Waals surface area contributed by atoms with Gasteiger partial charge in [-0.15, -0.1) is 0 Å². The highest BCUT2D eigenvalue weighted by Gasteiger charge is 2.28. The largest absolute Gasteiger partial charge is 0.391 e. The maximum absolute atomic E-state index is 12.1. The van der Waals surface area contributed by atoms with Crippen molar-refractivity contribution in [3.63, 3.8) is 0 Å². The van der Waals surface area contributed by atoms with Gasteiger partial charge in [0.25, 0.3) is 5.91 Å². The molecule has 0 aliphatic heterocycles. The Morgan fingerprint density at radius 3 is 2.61 bits per heavy atom. The van der Waals surface area contributed by atoms with Crippen LogP contribution >= 0.6 is 23.8 Å². The molecular weight excluding hydrogens is 268 g/mol. The quantitative estimate of drug-likeness (QED) is 0.836. The van der Waals surface area contributed by atoms with E-state index in [0.29, 0.717) is 17.0 Å². The fraction of sp³-hybridized carbons (Fsp3) is 0.385. The highest BCUT2D eigenvalue weighted by Crippen LogP contribution is 2.19. The third-order valence-electron chi connectivity index (χ3n) is 3.01. The first-order valence-electron chi connectivity index (χ1n) is 5.68. The van der Waals surface area contributed by atoms with Crippen LogP contribution in [0.2, 0.25) is 5.02 Å². The van der Waals surface area contributed by atoms with Gasteiger partial charge in [0.15, 0.2) is 0 Å². The molecule has 1 aromatic rings. The van der Waals surface area contributed by atoms with Crippen molar-refractivity contribution in [2.24, 2.45) is 5.73 Å². The first-order valence-corrected chi connectivity index (χ1v) is 6.47. The number of halogens is 1. The van der Waals surface area contributed by atoms with Crippen LogP contribution < -0.4 is 11.1 Å². The Bertz CT molecular complexity index is 490. The van der Waals surface area contributed by atoms with Crippen molar-refractivity contribution >= 4 is 34.7 Å². The molecule has 0 spiro atoms. The van der Waals surface area contributed by atoms with Gasteiger partial charge < -0.3 is 11.1 Å². The number of hydrogen-bond donors (Lipinski definition) is 2. The zero-order valence-electron chi connectivity index (χ0n) is 10.7. The van der Waals surface area contributed by atoms with E-state index in [0.717, 1.165) is 5.56 Å². The van der Waals surface area contributed by atoms with Crippen molar-refractivity contribution in [2.75, 3.05) is 0 Å². The summed E-state index contributed by atoms with van der Waals surface area (Å²) >= 11 is 11.0. The summed E-state index contributed by atoms with van der Waals surface area (Å²) in [5.41, 5.74) is 6.39. The van der Waals surface area contributed by atoms with Crippen molar-refractivity contribution in [3.8, 4) is 0 Å². The predicted octanol–water partition coefficient (Wildman–Crippen LogP) is 2.83. The number of thiocarbonyl (C=S) groups is 1. The molecule has 0 aliphatic rings. The lowest BCUT2D eigenvalue weighted by atomic mass is 9.98. The number of nitrogens with two attached hydrogens (primary N) is 1. The number of amides is 1. The average molecular weight is 285 g/mol. The molecule has 0 aliphatic carbocycles. The molecule has 1 unspecified atom stereocenters. The molecule has 1 aromatic carbocycles. The smallest absolute Gasteiger partial charge is 0.253 e. The van der Waals surface area contributed by atoms with Gasteiger partial charge in [-0.05, 0) is 38.0 Å². The summed E-state index contributed by atoms with van der Waals surface area (Å²) in [6.45, 7) is 5.63. The van der Waals surface area contributed by atoms with Gasteiger partial charge in [0, 0.05) is 0 Å². The number of hydrogen-bond acceptors (Lipinski definition) is 2. The highest BCUT2D eigenvalue weighted by molar-refractivity contribution is 7.80. The Labute approximate surface area is 118 Å². The Morgan fingerprint density at radius 1 is 1.56 bits per heavy atom. The van der Waals surface area contributed by atoms with E-state index in [4.69, 9.17) is 29.6 Å². The molecule has 1 amide bonds. The van der Waals surface area contributed by atoms with Crippen LogP contribution in [0, 0.1) is 6.92 Å². The molecule has 3 nitrogen and oxygen atoms in total. The van der Waals surface area contributed by atoms with Crippen LogP contribution in [0.4, 0.5) is 0 Å². The number of nitrogens with one attached hydrogen (secondary N) is 1. The minimum Gasteiger partial charge on any atom is -0.391 e. The summed E-state index contributed by atoms with van der Waals surface area (Å²) in [6.07, 6.45) is 0.623. The lowest BCUT2D eigenvalue weighted by Crippen LogP contribution is -2.54. The van der Waals surface area contributed by atoms with Gasteiger partial charge in [0.1, 0.15) is 0 Å². The number of carbonyl (C=O) groups is 1. The first kappa shape index (κ1) is 14.9. The number of benzene rings is 1. The monoisotopic (exact) mass is 284 g/mol. The van der Waals surface area contributed by atoms with E-state index in [1.165, 1.54) is 0 Å². The maximum Gasteiger partial charge on any atom is 0.253 e. The van der Waals surface area contributed by atoms with E-state index < -0.39 is 5.54 Å². The van der Waals surface area contributed by atoms with Gasteiger partial charge in [0.2, 0.25) is 0 Å². The Kier molecular flexibility index (Phi) is 4.71. The molecule has 0 saturated heterocycles. The van der Waals surface area contributed by atoms with Crippen LogP contribution in [0.1, 0.15) is 36.2 Å². The van der Waals surface area contributed by atoms with Gasteiger partial charge in [-0.25, -0.2) is 0 Å².